The molecule has 190 valence electrons. The first-order chi connectivity index (χ1) is 17.6. The zero-order valence-electron chi connectivity index (χ0n) is 21.1. The lowest BCUT2D eigenvalue weighted by Crippen LogP contribution is -2.44. The maximum absolute atomic E-state index is 13.3. The highest BCUT2D eigenvalue weighted by molar-refractivity contribution is 6.38. The quantitative estimate of drug-likeness (QED) is 0.257. The van der Waals surface area contributed by atoms with E-state index in [-0.39, 0.29) is 11.1 Å². The number of aromatic nitrogens is 2. The number of piperidine rings is 1. The predicted octanol–water partition coefficient (Wildman–Crippen LogP) is 8.29. The molecule has 1 aliphatic heterocycles. The lowest BCUT2D eigenvalue weighted by molar-refractivity contribution is 0.126. The SMILES string of the molecule is CC(C)(C)N1CCC(=Cc2cc3c(ccc(=O)n3-c3c(Cl)cccc3Cl)c(-c3ccccc3Cl)n2)CC1. The molecule has 1 aliphatic rings. The largest absolute Gasteiger partial charge is 0.298 e. The van der Waals surface area contributed by atoms with E-state index in [0.717, 1.165) is 42.6 Å². The average Bonchev–Trinajstić information content (AvgIpc) is 2.85. The van der Waals surface area contributed by atoms with Gasteiger partial charge >= 0.3 is 0 Å². The molecule has 0 amide bonds. The van der Waals surface area contributed by atoms with Crippen LogP contribution in [0.25, 0.3) is 33.9 Å². The molecular weight excluding hydrogens is 525 g/mol. The topological polar surface area (TPSA) is 38.1 Å². The van der Waals surface area contributed by atoms with E-state index >= 15 is 0 Å². The van der Waals surface area contributed by atoms with Gasteiger partial charge in [-0.1, -0.05) is 64.6 Å². The number of hydrogen-bond donors (Lipinski definition) is 0. The highest BCUT2D eigenvalue weighted by atomic mass is 35.5. The Morgan fingerprint density at radius 3 is 2.16 bits per heavy atom. The number of likely N-dealkylation sites (tertiary alicyclic amines) is 1. The van der Waals surface area contributed by atoms with Crippen molar-refractivity contribution in [1.29, 1.82) is 0 Å². The summed E-state index contributed by atoms with van der Waals surface area (Å²) < 4.78 is 1.58. The maximum atomic E-state index is 13.3. The molecule has 0 unspecified atom stereocenters. The molecule has 3 heterocycles. The summed E-state index contributed by atoms with van der Waals surface area (Å²) in [5.41, 5.74) is 4.65. The Kier molecular flexibility index (Phi) is 7.21. The van der Waals surface area contributed by atoms with E-state index in [9.17, 15) is 4.79 Å². The molecule has 37 heavy (non-hydrogen) atoms. The molecule has 0 saturated carbocycles. The van der Waals surface area contributed by atoms with E-state index in [2.05, 4.69) is 31.7 Å². The Balaban J connectivity index is 1.74. The number of pyridine rings is 2. The van der Waals surface area contributed by atoms with Gasteiger partial charge in [-0.15, -0.1) is 0 Å². The maximum Gasteiger partial charge on any atom is 0.255 e. The lowest BCUT2D eigenvalue weighted by Gasteiger charge is -2.39. The first-order valence-electron chi connectivity index (χ1n) is 12.3. The number of para-hydroxylation sites is 1. The molecule has 5 rings (SSSR count). The molecule has 0 radical (unpaired) electrons. The van der Waals surface area contributed by atoms with Gasteiger partial charge in [0.05, 0.1) is 32.6 Å². The molecular formula is C30H28Cl3N3O. The van der Waals surface area contributed by atoms with Crippen molar-refractivity contribution in [2.45, 2.75) is 39.2 Å². The second kappa shape index (κ2) is 10.3. The van der Waals surface area contributed by atoms with Gasteiger partial charge in [-0.3, -0.25) is 14.3 Å². The van der Waals surface area contributed by atoms with Crippen molar-refractivity contribution in [3.05, 3.63) is 97.4 Å². The molecule has 0 aliphatic carbocycles. The van der Waals surface area contributed by atoms with Crippen LogP contribution in [0.3, 0.4) is 0 Å². The van der Waals surface area contributed by atoms with Gasteiger partial charge in [-0.05, 0) is 70.0 Å². The van der Waals surface area contributed by atoms with Gasteiger partial charge in [0.2, 0.25) is 0 Å². The molecule has 0 spiro atoms. The van der Waals surface area contributed by atoms with E-state index in [1.54, 1.807) is 28.8 Å². The summed E-state index contributed by atoms with van der Waals surface area (Å²) in [5, 5.41) is 2.17. The molecule has 4 nitrogen and oxygen atoms in total. The normalized spacial score (nSPS) is 14.8. The summed E-state index contributed by atoms with van der Waals surface area (Å²) >= 11 is 19.8. The zero-order chi connectivity index (χ0) is 26.3. The summed E-state index contributed by atoms with van der Waals surface area (Å²) in [5.74, 6) is 0. The molecule has 1 saturated heterocycles. The number of halogens is 3. The van der Waals surface area contributed by atoms with Crippen molar-refractivity contribution < 1.29 is 0 Å². The fourth-order valence-corrected chi connectivity index (χ4v) is 5.73. The smallest absolute Gasteiger partial charge is 0.255 e. The van der Waals surface area contributed by atoms with E-state index in [1.165, 1.54) is 11.6 Å². The first-order valence-corrected chi connectivity index (χ1v) is 13.5. The summed E-state index contributed by atoms with van der Waals surface area (Å²) in [6, 6.07) is 18.1. The Labute approximate surface area is 232 Å². The van der Waals surface area contributed by atoms with Crippen molar-refractivity contribution in [2.24, 2.45) is 0 Å². The van der Waals surface area contributed by atoms with E-state index in [1.807, 2.05) is 30.3 Å². The minimum Gasteiger partial charge on any atom is -0.298 e. The van der Waals surface area contributed by atoms with Crippen LogP contribution in [0.2, 0.25) is 15.1 Å². The molecule has 0 atom stereocenters. The minimum absolute atomic E-state index is 0.147. The molecule has 7 heteroatoms. The van der Waals surface area contributed by atoms with Crippen LogP contribution in [-0.4, -0.2) is 33.1 Å². The first kappa shape index (κ1) is 26.0. The van der Waals surface area contributed by atoms with E-state index < -0.39 is 0 Å². The van der Waals surface area contributed by atoms with Crippen molar-refractivity contribution in [3.8, 4) is 16.9 Å². The Morgan fingerprint density at radius 2 is 1.51 bits per heavy atom. The van der Waals surface area contributed by atoms with Gasteiger partial charge in [0.15, 0.2) is 0 Å². The Hall–Kier alpha value is -2.63. The molecule has 2 aromatic heterocycles. The number of nitrogens with zero attached hydrogens (tertiary/aromatic N) is 3. The zero-order valence-corrected chi connectivity index (χ0v) is 23.3. The lowest BCUT2D eigenvalue weighted by atomic mass is 9.96. The number of fused-ring (bicyclic) bond motifs is 1. The third-order valence-electron chi connectivity index (χ3n) is 6.91. The molecule has 0 bridgehead atoms. The van der Waals surface area contributed by atoms with Crippen LogP contribution in [0.15, 0.2) is 71.0 Å². The molecule has 2 aromatic carbocycles. The summed E-state index contributed by atoms with van der Waals surface area (Å²) in [6.07, 6.45) is 4.09. The second-order valence-electron chi connectivity index (χ2n) is 10.3. The summed E-state index contributed by atoms with van der Waals surface area (Å²) in [7, 11) is 0. The van der Waals surface area contributed by atoms with Crippen LogP contribution < -0.4 is 5.56 Å². The van der Waals surface area contributed by atoms with Crippen LogP contribution in [0.1, 0.15) is 39.3 Å². The van der Waals surface area contributed by atoms with Gasteiger partial charge in [0.1, 0.15) is 0 Å². The van der Waals surface area contributed by atoms with Gasteiger partial charge in [0, 0.05) is 40.7 Å². The van der Waals surface area contributed by atoms with Gasteiger partial charge in [-0.2, -0.15) is 0 Å². The van der Waals surface area contributed by atoms with Crippen LogP contribution in [-0.2, 0) is 0 Å². The molecule has 0 N–H and O–H groups in total. The minimum atomic E-state index is -0.226. The Morgan fingerprint density at radius 1 is 0.865 bits per heavy atom. The van der Waals surface area contributed by atoms with Gasteiger partial charge in [0.25, 0.3) is 5.56 Å². The van der Waals surface area contributed by atoms with Crippen LogP contribution in [0.4, 0.5) is 0 Å². The number of benzene rings is 2. The third kappa shape index (κ3) is 5.21. The average molecular weight is 553 g/mol. The van der Waals surface area contributed by atoms with Gasteiger partial charge in [-0.25, -0.2) is 4.98 Å². The third-order valence-corrected chi connectivity index (χ3v) is 7.85. The van der Waals surface area contributed by atoms with Gasteiger partial charge < -0.3 is 0 Å². The fraction of sp³-hybridized carbons (Fsp3) is 0.267. The number of hydrogen-bond acceptors (Lipinski definition) is 3. The molecule has 1 fully saturated rings. The monoisotopic (exact) mass is 551 g/mol. The molecule has 4 aromatic rings. The van der Waals surface area contributed by atoms with Crippen molar-refractivity contribution >= 4 is 51.8 Å². The van der Waals surface area contributed by atoms with Crippen molar-refractivity contribution in [2.75, 3.05) is 13.1 Å². The second-order valence-corrected chi connectivity index (χ2v) is 11.6. The highest BCUT2D eigenvalue weighted by Gasteiger charge is 2.24. The van der Waals surface area contributed by atoms with Crippen molar-refractivity contribution in [3.63, 3.8) is 0 Å². The summed E-state index contributed by atoms with van der Waals surface area (Å²) in [4.78, 5) is 20.8. The van der Waals surface area contributed by atoms with E-state index in [0.29, 0.717) is 32.0 Å². The highest BCUT2D eigenvalue weighted by Crippen LogP contribution is 2.36. The van der Waals surface area contributed by atoms with E-state index in [4.69, 9.17) is 39.8 Å². The van der Waals surface area contributed by atoms with Crippen molar-refractivity contribution in [1.82, 2.24) is 14.5 Å². The Bertz CT molecular complexity index is 1550. The van der Waals surface area contributed by atoms with Crippen LogP contribution >= 0.6 is 34.8 Å². The summed E-state index contributed by atoms with van der Waals surface area (Å²) in [6.45, 7) is 8.76. The standard InChI is InChI=1S/C30H28Cl3N3O/c1-30(2,3)35-15-13-19(14-16-35)17-20-18-26-22(28(34-20)21-7-4-5-8-23(21)31)11-12-27(37)36(26)29-24(32)9-6-10-25(29)33/h4-12,17-18H,13-16H2,1-3H3. The van der Waals surface area contributed by atoms with Crippen LogP contribution in [0.5, 0.6) is 0 Å². The number of rotatable bonds is 3. The fourth-order valence-electron chi connectivity index (χ4n) is 4.94. The predicted molar refractivity (Wildman–Crippen MR) is 156 cm³/mol. The van der Waals surface area contributed by atoms with Crippen LogP contribution in [0, 0.1) is 0 Å².